The van der Waals surface area contributed by atoms with Gasteiger partial charge in [0.25, 0.3) is 0 Å². The van der Waals surface area contributed by atoms with Gasteiger partial charge in [-0.15, -0.1) is 0 Å². The van der Waals surface area contributed by atoms with Crippen molar-refractivity contribution in [2.24, 2.45) is 0 Å². The average molecular weight is 265 g/mol. The SMILES string of the molecule is CC(O)(CO)CNc1cc(Cl)c(Cl)cc1N. The number of hydrogen-bond acceptors (Lipinski definition) is 4. The molecule has 0 aliphatic carbocycles. The van der Waals surface area contributed by atoms with E-state index in [0.717, 1.165) is 0 Å². The van der Waals surface area contributed by atoms with Gasteiger partial charge in [0.05, 0.1) is 28.0 Å². The Morgan fingerprint density at radius 3 is 2.50 bits per heavy atom. The van der Waals surface area contributed by atoms with Crippen molar-refractivity contribution in [3.05, 3.63) is 22.2 Å². The molecule has 0 radical (unpaired) electrons. The summed E-state index contributed by atoms with van der Waals surface area (Å²) in [7, 11) is 0. The third kappa shape index (κ3) is 3.42. The van der Waals surface area contributed by atoms with Crippen molar-refractivity contribution in [2.45, 2.75) is 12.5 Å². The summed E-state index contributed by atoms with van der Waals surface area (Å²) in [5.41, 5.74) is 5.51. The third-order valence-electron chi connectivity index (χ3n) is 2.09. The Bertz CT molecular complexity index is 383. The molecule has 4 nitrogen and oxygen atoms in total. The Morgan fingerprint density at radius 1 is 1.38 bits per heavy atom. The summed E-state index contributed by atoms with van der Waals surface area (Å²) in [6.07, 6.45) is 0. The molecule has 6 heteroatoms. The van der Waals surface area contributed by atoms with E-state index in [1.807, 2.05) is 0 Å². The predicted octanol–water partition coefficient (Wildman–Crippen LogP) is 1.73. The zero-order valence-corrected chi connectivity index (χ0v) is 10.3. The molecule has 0 heterocycles. The monoisotopic (exact) mass is 264 g/mol. The summed E-state index contributed by atoms with van der Waals surface area (Å²) in [6.45, 7) is 1.32. The minimum absolute atomic E-state index is 0.158. The van der Waals surface area contributed by atoms with Crippen LogP contribution in [0.2, 0.25) is 10.0 Å². The first kappa shape index (κ1) is 13.4. The van der Waals surface area contributed by atoms with Crippen molar-refractivity contribution in [2.75, 3.05) is 24.2 Å². The highest BCUT2D eigenvalue weighted by Crippen LogP contribution is 2.30. The predicted molar refractivity (Wildman–Crippen MR) is 67.1 cm³/mol. The molecular weight excluding hydrogens is 251 g/mol. The number of aliphatic hydroxyl groups excluding tert-OH is 1. The van der Waals surface area contributed by atoms with E-state index in [9.17, 15) is 5.11 Å². The van der Waals surface area contributed by atoms with Gasteiger partial charge in [0.1, 0.15) is 5.60 Å². The van der Waals surface area contributed by atoms with E-state index in [1.165, 1.54) is 13.0 Å². The second kappa shape index (κ2) is 5.10. The normalized spacial score (nSPS) is 14.6. The van der Waals surface area contributed by atoms with Crippen LogP contribution in [0, 0.1) is 0 Å². The Kier molecular flexibility index (Phi) is 4.27. The molecule has 16 heavy (non-hydrogen) atoms. The lowest BCUT2D eigenvalue weighted by Crippen LogP contribution is -2.37. The number of halogens is 2. The van der Waals surface area contributed by atoms with E-state index >= 15 is 0 Å². The summed E-state index contributed by atoms with van der Waals surface area (Å²) in [5.74, 6) is 0. The van der Waals surface area contributed by atoms with Gasteiger partial charge in [-0.2, -0.15) is 0 Å². The summed E-state index contributed by atoms with van der Waals surface area (Å²) < 4.78 is 0. The molecule has 1 atom stereocenters. The van der Waals surface area contributed by atoms with Crippen LogP contribution in [0.25, 0.3) is 0 Å². The molecule has 0 saturated heterocycles. The van der Waals surface area contributed by atoms with E-state index in [1.54, 1.807) is 6.07 Å². The maximum Gasteiger partial charge on any atom is 0.102 e. The number of aliphatic hydroxyl groups is 2. The molecule has 0 aliphatic rings. The molecule has 1 unspecified atom stereocenters. The molecule has 0 aromatic heterocycles. The lowest BCUT2D eigenvalue weighted by atomic mass is 10.1. The molecule has 0 fully saturated rings. The number of anilines is 2. The van der Waals surface area contributed by atoms with Crippen LogP contribution in [0.15, 0.2) is 12.1 Å². The number of nitrogen functional groups attached to an aromatic ring is 1. The van der Waals surface area contributed by atoms with Gasteiger partial charge < -0.3 is 21.3 Å². The summed E-state index contributed by atoms with van der Waals surface area (Å²) in [6, 6.07) is 3.10. The molecule has 0 bridgehead atoms. The van der Waals surface area contributed by atoms with Crippen LogP contribution in [0.3, 0.4) is 0 Å². The van der Waals surface area contributed by atoms with E-state index in [4.69, 9.17) is 34.0 Å². The minimum atomic E-state index is -1.21. The molecular formula is C10H14Cl2N2O2. The van der Waals surface area contributed by atoms with Crippen molar-refractivity contribution in [3.63, 3.8) is 0 Å². The fourth-order valence-electron chi connectivity index (χ4n) is 1.06. The second-order valence-electron chi connectivity index (χ2n) is 3.86. The molecule has 0 saturated carbocycles. The molecule has 5 N–H and O–H groups in total. The number of rotatable bonds is 4. The standard InChI is InChI=1S/C10H14Cl2N2O2/c1-10(16,5-15)4-14-9-3-7(12)6(11)2-8(9)13/h2-3,14-16H,4-5,13H2,1H3. The van der Waals surface area contributed by atoms with Gasteiger partial charge >= 0.3 is 0 Å². The summed E-state index contributed by atoms with van der Waals surface area (Å²) >= 11 is 11.6. The van der Waals surface area contributed by atoms with E-state index in [-0.39, 0.29) is 13.2 Å². The van der Waals surface area contributed by atoms with Crippen LogP contribution in [-0.4, -0.2) is 29.0 Å². The Balaban J connectivity index is 2.79. The van der Waals surface area contributed by atoms with E-state index in [0.29, 0.717) is 21.4 Å². The van der Waals surface area contributed by atoms with Gasteiger partial charge in [-0.3, -0.25) is 0 Å². The topological polar surface area (TPSA) is 78.5 Å². The average Bonchev–Trinajstić information content (AvgIpc) is 2.22. The molecule has 1 aromatic rings. The smallest absolute Gasteiger partial charge is 0.102 e. The number of nitrogens with one attached hydrogen (secondary N) is 1. The molecule has 1 rings (SSSR count). The lowest BCUT2D eigenvalue weighted by Gasteiger charge is -2.22. The van der Waals surface area contributed by atoms with Crippen LogP contribution in [0.4, 0.5) is 11.4 Å². The minimum Gasteiger partial charge on any atom is -0.397 e. The van der Waals surface area contributed by atoms with E-state index < -0.39 is 5.60 Å². The van der Waals surface area contributed by atoms with Crippen LogP contribution < -0.4 is 11.1 Å². The first-order chi connectivity index (χ1) is 7.35. The zero-order chi connectivity index (χ0) is 12.3. The van der Waals surface area contributed by atoms with Gasteiger partial charge in [0, 0.05) is 6.54 Å². The van der Waals surface area contributed by atoms with Crippen molar-refractivity contribution >= 4 is 34.6 Å². The van der Waals surface area contributed by atoms with Crippen molar-refractivity contribution in [1.82, 2.24) is 0 Å². The summed E-state index contributed by atoms with van der Waals surface area (Å²) in [4.78, 5) is 0. The number of benzene rings is 1. The van der Waals surface area contributed by atoms with Crippen LogP contribution in [0.5, 0.6) is 0 Å². The molecule has 1 aromatic carbocycles. The molecule has 90 valence electrons. The number of hydrogen-bond donors (Lipinski definition) is 4. The Morgan fingerprint density at radius 2 is 1.94 bits per heavy atom. The van der Waals surface area contributed by atoms with Crippen LogP contribution >= 0.6 is 23.2 Å². The van der Waals surface area contributed by atoms with Crippen LogP contribution in [0.1, 0.15) is 6.92 Å². The largest absolute Gasteiger partial charge is 0.397 e. The summed E-state index contributed by atoms with van der Waals surface area (Å²) in [5, 5.41) is 22.1. The lowest BCUT2D eigenvalue weighted by molar-refractivity contribution is 0.0132. The highest BCUT2D eigenvalue weighted by Gasteiger charge is 2.19. The maximum absolute atomic E-state index is 9.59. The van der Waals surface area contributed by atoms with Gasteiger partial charge in [0.15, 0.2) is 0 Å². The van der Waals surface area contributed by atoms with Gasteiger partial charge in [-0.1, -0.05) is 23.2 Å². The third-order valence-corrected chi connectivity index (χ3v) is 2.81. The zero-order valence-electron chi connectivity index (χ0n) is 8.80. The van der Waals surface area contributed by atoms with Crippen molar-refractivity contribution in [3.8, 4) is 0 Å². The second-order valence-corrected chi connectivity index (χ2v) is 4.68. The van der Waals surface area contributed by atoms with Crippen molar-refractivity contribution < 1.29 is 10.2 Å². The number of nitrogens with two attached hydrogens (primary N) is 1. The fraction of sp³-hybridized carbons (Fsp3) is 0.400. The Labute approximate surface area is 104 Å². The molecule has 0 aliphatic heterocycles. The molecule has 0 spiro atoms. The fourth-order valence-corrected chi connectivity index (χ4v) is 1.39. The highest BCUT2D eigenvalue weighted by atomic mass is 35.5. The first-order valence-electron chi connectivity index (χ1n) is 4.67. The van der Waals surface area contributed by atoms with Gasteiger partial charge in [-0.25, -0.2) is 0 Å². The molecule has 0 amide bonds. The maximum atomic E-state index is 9.59. The highest BCUT2D eigenvalue weighted by molar-refractivity contribution is 6.42. The van der Waals surface area contributed by atoms with Crippen LogP contribution in [-0.2, 0) is 0 Å². The Hall–Kier alpha value is -0.680. The van der Waals surface area contributed by atoms with Gasteiger partial charge in [0.2, 0.25) is 0 Å². The van der Waals surface area contributed by atoms with Crippen molar-refractivity contribution in [1.29, 1.82) is 0 Å². The van der Waals surface area contributed by atoms with Gasteiger partial charge in [-0.05, 0) is 19.1 Å². The quantitative estimate of drug-likeness (QED) is 0.625. The van der Waals surface area contributed by atoms with E-state index in [2.05, 4.69) is 5.32 Å². The first-order valence-corrected chi connectivity index (χ1v) is 5.43.